The lowest BCUT2D eigenvalue weighted by molar-refractivity contribution is -0.0552. The van der Waals surface area contributed by atoms with Gasteiger partial charge in [0.25, 0.3) is 0 Å². The van der Waals surface area contributed by atoms with E-state index in [1.807, 2.05) is 11.1 Å². The highest BCUT2D eigenvalue weighted by Crippen LogP contribution is 2.76. The van der Waals surface area contributed by atoms with Crippen molar-refractivity contribution in [3.05, 3.63) is 59.3 Å². The van der Waals surface area contributed by atoms with Gasteiger partial charge < -0.3 is 0 Å². The zero-order valence-electron chi connectivity index (χ0n) is 36.6. The Morgan fingerprint density at radius 3 is 2.28 bits per heavy atom. The van der Waals surface area contributed by atoms with E-state index < -0.39 is 0 Å². The van der Waals surface area contributed by atoms with Crippen LogP contribution in [0.2, 0.25) is 0 Å². The Balaban J connectivity index is 0.940. The largest absolute Gasteiger partial charge is 0.294 e. The van der Waals surface area contributed by atoms with E-state index in [2.05, 4.69) is 66.9 Å². The Bertz CT molecular complexity index is 1670. The first-order chi connectivity index (χ1) is 28.0. The van der Waals surface area contributed by atoms with E-state index in [9.17, 15) is 0 Å². The minimum absolute atomic E-state index is 0.404. The molecule has 0 aromatic heterocycles. The predicted octanol–water partition coefficient (Wildman–Crippen LogP) is 14.6. The molecule has 1 spiro atoms. The molecule has 14 unspecified atom stereocenters. The number of nitrogens with zero attached hydrogens (tertiary/aromatic N) is 1. The van der Waals surface area contributed by atoms with Gasteiger partial charge in [0.2, 0.25) is 0 Å². The molecule has 0 heterocycles. The highest BCUT2D eigenvalue weighted by atomic mass is 15.2. The molecule has 1 heteroatoms. The summed E-state index contributed by atoms with van der Waals surface area (Å²) >= 11 is 0. The second-order valence-corrected chi connectivity index (χ2v) is 23.9. The van der Waals surface area contributed by atoms with Gasteiger partial charge in [-0.2, -0.15) is 0 Å². The summed E-state index contributed by atoms with van der Waals surface area (Å²) in [6.45, 7) is 5.56. The fraction of sp³-hybridized carbons (Fsp3) is 0.821. The van der Waals surface area contributed by atoms with Gasteiger partial charge in [-0.25, -0.2) is 0 Å². The molecule has 12 aliphatic rings. The second-order valence-electron chi connectivity index (χ2n) is 23.9. The van der Waals surface area contributed by atoms with E-state index in [0.717, 1.165) is 95.1 Å². The third-order valence-corrected chi connectivity index (χ3v) is 22.0. The molecule has 7 saturated carbocycles. The van der Waals surface area contributed by atoms with Crippen LogP contribution in [0.25, 0.3) is 0 Å². The molecule has 7 fully saturated rings. The van der Waals surface area contributed by atoms with E-state index in [0.29, 0.717) is 10.8 Å². The molecular weight excluding hydrogens is 687 g/mol. The molecule has 1 nitrogen and oxygen atoms in total. The van der Waals surface area contributed by atoms with Crippen molar-refractivity contribution in [3.63, 3.8) is 0 Å². The monoisotopic (exact) mass is 768 g/mol. The molecule has 0 bridgehead atoms. The van der Waals surface area contributed by atoms with Crippen molar-refractivity contribution < 1.29 is 0 Å². The molecule has 0 saturated heterocycles. The minimum Gasteiger partial charge on any atom is -0.294 e. The fourth-order valence-corrected chi connectivity index (χ4v) is 20.2. The maximum atomic E-state index is 3.50. The molecule has 57 heavy (non-hydrogen) atoms. The van der Waals surface area contributed by atoms with E-state index in [1.165, 1.54) is 128 Å². The molecule has 0 aromatic rings. The van der Waals surface area contributed by atoms with Gasteiger partial charge in [-0.3, -0.25) is 4.90 Å². The Labute approximate surface area is 349 Å². The molecule has 0 aliphatic heterocycles. The number of hydrogen-bond donors (Lipinski definition) is 0. The lowest BCUT2D eigenvalue weighted by Crippen LogP contribution is -2.58. The van der Waals surface area contributed by atoms with Gasteiger partial charge in [-0.1, -0.05) is 124 Å². The first-order valence-electron chi connectivity index (χ1n) is 26.3. The molecule has 12 aliphatic carbocycles. The number of rotatable bonds is 4. The van der Waals surface area contributed by atoms with Gasteiger partial charge in [0, 0.05) is 29.5 Å². The Morgan fingerprint density at radius 1 is 0.614 bits per heavy atom. The first kappa shape index (κ1) is 37.4. The third-order valence-electron chi connectivity index (χ3n) is 22.0. The van der Waals surface area contributed by atoms with Crippen molar-refractivity contribution in [1.29, 1.82) is 0 Å². The van der Waals surface area contributed by atoms with E-state index >= 15 is 0 Å². The molecule has 0 amide bonds. The minimum atomic E-state index is 0.404. The van der Waals surface area contributed by atoms with Crippen LogP contribution in [0.1, 0.15) is 181 Å². The zero-order valence-corrected chi connectivity index (χ0v) is 36.6. The van der Waals surface area contributed by atoms with Crippen LogP contribution in [-0.4, -0.2) is 23.0 Å². The van der Waals surface area contributed by atoms with Crippen molar-refractivity contribution in [1.82, 2.24) is 4.90 Å². The van der Waals surface area contributed by atoms with Crippen LogP contribution in [-0.2, 0) is 0 Å². The van der Waals surface area contributed by atoms with Crippen molar-refractivity contribution in [3.8, 4) is 0 Å². The van der Waals surface area contributed by atoms with E-state index in [4.69, 9.17) is 0 Å². The third kappa shape index (κ3) is 5.59. The fourth-order valence-electron chi connectivity index (χ4n) is 20.2. The summed E-state index contributed by atoms with van der Waals surface area (Å²) < 4.78 is 0. The topological polar surface area (TPSA) is 3.24 Å². The lowest BCUT2D eigenvalue weighted by atomic mass is 9.51. The Morgan fingerprint density at radius 2 is 1.39 bits per heavy atom. The van der Waals surface area contributed by atoms with Gasteiger partial charge in [-0.15, -0.1) is 0 Å². The summed E-state index contributed by atoms with van der Waals surface area (Å²) in [4.78, 5) is 3.50. The van der Waals surface area contributed by atoms with Crippen LogP contribution < -0.4 is 0 Å². The average molecular weight is 768 g/mol. The summed E-state index contributed by atoms with van der Waals surface area (Å²) in [6, 6.07) is 2.43. The van der Waals surface area contributed by atoms with E-state index in [-0.39, 0.29) is 0 Å². The van der Waals surface area contributed by atoms with Crippen LogP contribution >= 0.6 is 0 Å². The van der Waals surface area contributed by atoms with Crippen LogP contribution in [0.3, 0.4) is 0 Å². The van der Waals surface area contributed by atoms with Gasteiger partial charge in [0.05, 0.1) is 0 Å². The maximum absolute atomic E-state index is 3.50. The van der Waals surface area contributed by atoms with Gasteiger partial charge in [0.15, 0.2) is 0 Å². The molecule has 0 N–H and O–H groups in total. The molecule has 14 atom stereocenters. The zero-order chi connectivity index (χ0) is 37.9. The van der Waals surface area contributed by atoms with Gasteiger partial charge in [-0.05, 0) is 192 Å². The normalized spacial score (nSPS) is 49.8. The summed E-state index contributed by atoms with van der Waals surface area (Å²) in [5, 5.41) is 0. The SMILES string of the molecule is CC1(C)C2CCCCC2C2CCC(N(C3CCC(C4CCCCC4)CC3)C3CCCC4C3C3=CC=CCC3C43C4=C(CCCC4)C4C=CC5CCC=CC5C43)CC21. The molecule has 0 radical (unpaired) electrons. The van der Waals surface area contributed by atoms with Gasteiger partial charge in [0.1, 0.15) is 0 Å². The van der Waals surface area contributed by atoms with E-state index in [1.54, 1.807) is 38.5 Å². The molecular formula is C56H81N. The van der Waals surface area contributed by atoms with Crippen molar-refractivity contribution in [2.24, 2.45) is 87.8 Å². The Hall–Kier alpha value is -1.34. The van der Waals surface area contributed by atoms with Crippen molar-refractivity contribution in [2.45, 2.75) is 199 Å². The first-order valence-corrected chi connectivity index (χ1v) is 26.3. The molecule has 0 aromatic carbocycles. The number of allylic oxidation sites excluding steroid dienone is 9. The number of hydrogen-bond acceptors (Lipinski definition) is 1. The highest BCUT2D eigenvalue weighted by Gasteiger charge is 2.70. The van der Waals surface area contributed by atoms with Crippen LogP contribution in [0.4, 0.5) is 0 Å². The molecule has 12 rings (SSSR count). The van der Waals surface area contributed by atoms with Crippen LogP contribution in [0, 0.1) is 87.8 Å². The standard InChI is InChI=1S/C56H81N/c1-55(2)47-22-11-8-19-42(47)44-34-32-40(35-51(44)55)57(39-30-27-37(28-31-39)36-15-4-3-5-16-36)52-26-14-25-50-53(52)46-21-10-13-24-49(46)56(50)48-23-12-9-20-43(48)45-33-29-38-17-6-7-18-41(38)54(45)56/h7,10,13,18,21,29,33,36-42,44-45,47,49-54H,3-6,8-9,11-12,14-17,19-20,22-28,30-32,34-35H2,1-2H3. The molecule has 310 valence electrons. The van der Waals surface area contributed by atoms with Crippen LogP contribution in [0.5, 0.6) is 0 Å². The smallest absolute Gasteiger partial charge is 0.0170 e. The lowest BCUT2D eigenvalue weighted by Gasteiger charge is -2.56. The predicted molar refractivity (Wildman–Crippen MR) is 237 cm³/mol. The van der Waals surface area contributed by atoms with Crippen molar-refractivity contribution in [2.75, 3.05) is 0 Å². The summed E-state index contributed by atoms with van der Waals surface area (Å²) in [5.41, 5.74) is 6.98. The quantitative estimate of drug-likeness (QED) is 0.258. The highest BCUT2D eigenvalue weighted by molar-refractivity contribution is 5.49. The summed E-state index contributed by atoms with van der Waals surface area (Å²) in [7, 11) is 0. The summed E-state index contributed by atoms with van der Waals surface area (Å²) in [5.74, 6) is 11.6. The van der Waals surface area contributed by atoms with Crippen LogP contribution in [0.15, 0.2) is 59.3 Å². The van der Waals surface area contributed by atoms with Gasteiger partial charge >= 0.3 is 0 Å². The second kappa shape index (κ2) is 14.6. The number of fused-ring (bicyclic) bond motifs is 14. The maximum Gasteiger partial charge on any atom is 0.0170 e. The summed E-state index contributed by atoms with van der Waals surface area (Å²) in [6.07, 6.45) is 57.8. The Kier molecular flexibility index (Phi) is 9.62. The van der Waals surface area contributed by atoms with Crippen molar-refractivity contribution >= 4 is 0 Å². The average Bonchev–Trinajstić information content (AvgIpc) is 3.83.